The van der Waals surface area contributed by atoms with Crippen LogP contribution in [0.2, 0.25) is 5.02 Å². The van der Waals surface area contributed by atoms with Gasteiger partial charge in [0.2, 0.25) is 0 Å². The molecule has 7 heteroatoms. The van der Waals surface area contributed by atoms with E-state index in [1.165, 1.54) is 5.56 Å². The Bertz CT molecular complexity index is 1050. The Hall–Kier alpha value is -2.99. The Morgan fingerprint density at radius 1 is 1.12 bits per heavy atom. The van der Waals surface area contributed by atoms with E-state index in [1.54, 1.807) is 18.3 Å². The molecule has 2 aromatic heterocycles. The SMILES string of the molecule is Cc1ccc2[nH]c3nc(N/N=C/c4ccc(Cl)cc4)nnc3c2c1. The molecule has 0 amide bonds. The number of fused-ring (bicyclic) bond motifs is 3. The van der Waals surface area contributed by atoms with Crippen molar-refractivity contribution in [3.8, 4) is 0 Å². The summed E-state index contributed by atoms with van der Waals surface area (Å²) in [6.45, 7) is 2.04. The predicted molar refractivity (Wildman–Crippen MR) is 96.6 cm³/mol. The van der Waals surface area contributed by atoms with Crippen LogP contribution in [-0.4, -0.2) is 26.4 Å². The van der Waals surface area contributed by atoms with Gasteiger partial charge in [-0.15, -0.1) is 10.2 Å². The molecule has 0 unspecified atom stereocenters. The van der Waals surface area contributed by atoms with Gasteiger partial charge in [0, 0.05) is 15.9 Å². The van der Waals surface area contributed by atoms with Crippen LogP contribution in [-0.2, 0) is 0 Å². The number of benzene rings is 2. The van der Waals surface area contributed by atoms with Crippen LogP contribution in [0.15, 0.2) is 47.6 Å². The van der Waals surface area contributed by atoms with E-state index in [0.29, 0.717) is 16.6 Å². The maximum absolute atomic E-state index is 5.85. The minimum atomic E-state index is 0.330. The maximum Gasteiger partial charge on any atom is 0.265 e. The number of aromatic nitrogens is 4. The van der Waals surface area contributed by atoms with Crippen molar-refractivity contribution < 1.29 is 0 Å². The minimum Gasteiger partial charge on any atom is -0.338 e. The number of nitrogens with one attached hydrogen (secondary N) is 2. The monoisotopic (exact) mass is 336 g/mol. The lowest BCUT2D eigenvalue weighted by Crippen LogP contribution is -1.98. The van der Waals surface area contributed by atoms with E-state index in [1.807, 2.05) is 31.2 Å². The first-order valence-corrected chi connectivity index (χ1v) is 7.74. The molecular formula is C17H13ClN6. The fourth-order valence-electron chi connectivity index (χ4n) is 2.45. The topological polar surface area (TPSA) is 78.9 Å². The molecule has 118 valence electrons. The summed E-state index contributed by atoms with van der Waals surface area (Å²) < 4.78 is 0. The van der Waals surface area contributed by atoms with E-state index in [2.05, 4.69) is 36.8 Å². The van der Waals surface area contributed by atoms with E-state index in [0.717, 1.165) is 22.0 Å². The van der Waals surface area contributed by atoms with Crippen molar-refractivity contribution in [3.05, 3.63) is 58.6 Å². The van der Waals surface area contributed by atoms with Crippen LogP contribution in [0.1, 0.15) is 11.1 Å². The Morgan fingerprint density at radius 2 is 1.96 bits per heavy atom. The molecular weight excluding hydrogens is 324 g/mol. The summed E-state index contributed by atoms with van der Waals surface area (Å²) in [5, 5.41) is 14.1. The highest BCUT2D eigenvalue weighted by Crippen LogP contribution is 2.23. The number of anilines is 1. The van der Waals surface area contributed by atoms with Gasteiger partial charge in [0.1, 0.15) is 5.52 Å². The molecule has 0 bridgehead atoms. The normalized spacial score (nSPS) is 11.6. The quantitative estimate of drug-likeness (QED) is 0.439. The zero-order chi connectivity index (χ0) is 16.5. The summed E-state index contributed by atoms with van der Waals surface area (Å²) in [4.78, 5) is 7.65. The smallest absolute Gasteiger partial charge is 0.265 e. The molecule has 0 aliphatic rings. The van der Waals surface area contributed by atoms with Crippen LogP contribution < -0.4 is 5.43 Å². The number of hydrogen-bond donors (Lipinski definition) is 2. The van der Waals surface area contributed by atoms with Crippen LogP contribution in [0, 0.1) is 6.92 Å². The van der Waals surface area contributed by atoms with Crippen LogP contribution in [0.3, 0.4) is 0 Å². The standard InChI is InChI=1S/C17H13ClN6/c1-10-2-7-14-13(8-10)15-16(20-14)21-17(24-22-15)23-19-9-11-3-5-12(18)6-4-11/h2-9H,1H3,(H2,20,21,23,24)/b19-9+. The summed E-state index contributed by atoms with van der Waals surface area (Å²) >= 11 is 5.85. The molecule has 0 saturated heterocycles. The summed E-state index contributed by atoms with van der Waals surface area (Å²) in [6.07, 6.45) is 1.67. The summed E-state index contributed by atoms with van der Waals surface area (Å²) in [6, 6.07) is 13.5. The third kappa shape index (κ3) is 2.79. The Balaban J connectivity index is 1.60. The van der Waals surface area contributed by atoms with Crippen LogP contribution in [0.5, 0.6) is 0 Å². The Kier molecular flexibility index (Phi) is 3.59. The third-order valence-corrected chi connectivity index (χ3v) is 3.87. The molecule has 0 radical (unpaired) electrons. The third-order valence-electron chi connectivity index (χ3n) is 3.62. The number of rotatable bonds is 3. The molecule has 6 nitrogen and oxygen atoms in total. The van der Waals surface area contributed by atoms with Crippen LogP contribution in [0.4, 0.5) is 5.95 Å². The zero-order valence-corrected chi connectivity index (χ0v) is 13.5. The van der Waals surface area contributed by atoms with Crippen molar-refractivity contribution in [2.75, 3.05) is 5.43 Å². The average molecular weight is 337 g/mol. The lowest BCUT2D eigenvalue weighted by atomic mass is 10.2. The summed E-state index contributed by atoms with van der Waals surface area (Å²) in [5.74, 6) is 0.330. The van der Waals surface area contributed by atoms with Crippen molar-refractivity contribution in [1.82, 2.24) is 20.2 Å². The Labute approximate surface area is 142 Å². The molecule has 2 aromatic carbocycles. The number of aryl methyl sites for hydroxylation is 1. The molecule has 4 rings (SSSR count). The second-order valence-electron chi connectivity index (χ2n) is 5.43. The average Bonchev–Trinajstić information content (AvgIpc) is 2.94. The highest BCUT2D eigenvalue weighted by atomic mass is 35.5. The largest absolute Gasteiger partial charge is 0.338 e. The first-order valence-electron chi connectivity index (χ1n) is 7.36. The second-order valence-corrected chi connectivity index (χ2v) is 5.86. The number of nitrogens with zero attached hydrogens (tertiary/aromatic N) is 4. The fourth-order valence-corrected chi connectivity index (χ4v) is 2.57. The van der Waals surface area contributed by atoms with Gasteiger partial charge in [-0.25, -0.2) is 5.43 Å². The zero-order valence-electron chi connectivity index (χ0n) is 12.8. The Morgan fingerprint density at radius 3 is 2.79 bits per heavy atom. The van der Waals surface area contributed by atoms with E-state index in [4.69, 9.17) is 11.6 Å². The van der Waals surface area contributed by atoms with E-state index >= 15 is 0 Å². The lowest BCUT2D eigenvalue weighted by Gasteiger charge is -1.97. The van der Waals surface area contributed by atoms with Gasteiger partial charge in [-0.1, -0.05) is 35.4 Å². The fraction of sp³-hybridized carbons (Fsp3) is 0.0588. The van der Waals surface area contributed by atoms with E-state index < -0.39 is 0 Å². The number of H-pyrrole nitrogens is 1. The molecule has 0 aliphatic carbocycles. The molecule has 2 heterocycles. The highest BCUT2D eigenvalue weighted by Gasteiger charge is 2.08. The summed E-state index contributed by atoms with van der Waals surface area (Å²) in [5.41, 5.74) is 7.28. The molecule has 0 atom stereocenters. The molecule has 0 spiro atoms. The number of aromatic amines is 1. The van der Waals surface area contributed by atoms with Crippen molar-refractivity contribution in [2.45, 2.75) is 6.92 Å². The van der Waals surface area contributed by atoms with Crippen LogP contribution in [0.25, 0.3) is 22.1 Å². The van der Waals surface area contributed by atoms with Crippen molar-refractivity contribution in [2.24, 2.45) is 5.10 Å². The lowest BCUT2D eigenvalue weighted by molar-refractivity contribution is 1.01. The van der Waals surface area contributed by atoms with Gasteiger partial charge in [0.05, 0.1) is 6.21 Å². The van der Waals surface area contributed by atoms with Crippen molar-refractivity contribution in [1.29, 1.82) is 0 Å². The molecule has 0 saturated carbocycles. The van der Waals surface area contributed by atoms with Crippen molar-refractivity contribution >= 4 is 45.8 Å². The van der Waals surface area contributed by atoms with E-state index in [-0.39, 0.29) is 0 Å². The van der Waals surface area contributed by atoms with Gasteiger partial charge in [-0.3, -0.25) is 0 Å². The number of halogens is 1. The predicted octanol–water partition coefficient (Wildman–Crippen LogP) is 3.91. The van der Waals surface area contributed by atoms with Gasteiger partial charge in [-0.2, -0.15) is 10.1 Å². The van der Waals surface area contributed by atoms with Gasteiger partial charge in [0.25, 0.3) is 5.95 Å². The van der Waals surface area contributed by atoms with Crippen LogP contribution >= 0.6 is 11.6 Å². The number of hydrazone groups is 1. The minimum absolute atomic E-state index is 0.330. The highest BCUT2D eigenvalue weighted by molar-refractivity contribution is 6.30. The first-order chi connectivity index (χ1) is 11.7. The van der Waals surface area contributed by atoms with Crippen molar-refractivity contribution in [3.63, 3.8) is 0 Å². The molecule has 0 fully saturated rings. The summed E-state index contributed by atoms with van der Waals surface area (Å²) in [7, 11) is 0. The van der Waals surface area contributed by atoms with E-state index in [9.17, 15) is 0 Å². The van der Waals surface area contributed by atoms with Gasteiger partial charge < -0.3 is 4.98 Å². The maximum atomic E-state index is 5.85. The first kappa shape index (κ1) is 14.6. The molecule has 4 aromatic rings. The van der Waals surface area contributed by atoms with Gasteiger partial charge >= 0.3 is 0 Å². The second kappa shape index (κ2) is 5.90. The van der Waals surface area contributed by atoms with Gasteiger partial charge in [0.15, 0.2) is 5.65 Å². The molecule has 24 heavy (non-hydrogen) atoms. The number of hydrogen-bond acceptors (Lipinski definition) is 5. The molecule has 0 aliphatic heterocycles. The molecule has 2 N–H and O–H groups in total. The van der Waals surface area contributed by atoms with Gasteiger partial charge in [-0.05, 0) is 36.8 Å².